The van der Waals surface area contributed by atoms with Crippen molar-refractivity contribution in [1.29, 1.82) is 0 Å². The van der Waals surface area contributed by atoms with Gasteiger partial charge in [-0.15, -0.1) is 0 Å². The van der Waals surface area contributed by atoms with Gasteiger partial charge in [-0.2, -0.15) is 0 Å². The Morgan fingerprint density at radius 3 is 1.85 bits per heavy atom. The second-order valence-electron chi connectivity index (χ2n) is 28.8. The van der Waals surface area contributed by atoms with Crippen molar-refractivity contribution in [2.75, 3.05) is 26.9 Å². The first-order chi connectivity index (χ1) is 41.8. The van der Waals surface area contributed by atoms with Crippen LogP contribution in [0.1, 0.15) is 118 Å². The lowest BCUT2D eigenvalue weighted by Crippen LogP contribution is -2.68. The zero-order valence-electron chi connectivity index (χ0n) is 51.8. The summed E-state index contributed by atoms with van der Waals surface area (Å²) >= 11 is 0. The maximum Gasteiger partial charge on any atom is 0.337 e. The number of ether oxygens (including phenoxy) is 10. The van der Waals surface area contributed by atoms with Crippen LogP contribution in [-0.2, 0) is 63.4 Å². The highest BCUT2D eigenvalue weighted by molar-refractivity contribution is 5.80. The number of fused-ring (bicyclic) bond motifs is 7. The SMILES string of the molecule is COC(=O)[C@H]1O[C@@H](O[C@H]2CC[C@]3(C)[C@H]4CC=C5[C@@H]6CC(C)(C)CC[C@@]6(C(=O)O[C@@H]6OC[C@H](O)[C@H](O[C@H]7O[C@@H](CO)[C@H](O)[C@H](O)[C@H]7O)[C@H]6OC(=O)CCc6ccc(O[C@H]7O[C@@H](CO)[C@@H](O)[C@H](O)[C@H]7O)cc6)[C@H](O)C[C@]5(C)[C@@]4(C)CC[C@H]3C2(C)C)[C@H](O)[C@@H](O)[C@H]1O. The van der Waals surface area contributed by atoms with Crippen molar-refractivity contribution in [3.8, 4) is 5.75 Å². The summed E-state index contributed by atoms with van der Waals surface area (Å²) in [5, 5.41) is 140. The van der Waals surface area contributed by atoms with Crippen LogP contribution in [0.3, 0.4) is 0 Å². The summed E-state index contributed by atoms with van der Waals surface area (Å²) in [6.07, 6.45) is -26.4. The Bertz CT molecular complexity index is 2710. The zero-order chi connectivity index (χ0) is 64.8. The molecule has 0 radical (unpaired) electrons. The van der Waals surface area contributed by atoms with E-state index in [1.165, 1.54) is 12.1 Å². The minimum Gasteiger partial charge on any atom is -0.467 e. The Labute approximate surface area is 516 Å². The lowest BCUT2D eigenvalue weighted by Gasteiger charge is -2.71. The summed E-state index contributed by atoms with van der Waals surface area (Å²) in [7, 11) is 1.13. The van der Waals surface area contributed by atoms with Gasteiger partial charge in [0.05, 0.1) is 39.1 Å². The van der Waals surface area contributed by atoms with E-state index in [1.807, 2.05) is 0 Å². The van der Waals surface area contributed by atoms with Gasteiger partial charge in [0.2, 0.25) is 12.6 Å². The van der Waals surface area contributed by atoms with E-state index in [0.717, 1.165) is 25.5 Å². The van der Waals surface area contributed by atoms with E-state index in [2.05, 4.69) is 54.5 Å². The molecule has 4 aliphatic heterocycles. The van der Waals surface area contributed by atoms with Crippen LogP contribution in [0.15, 0.2) is 35.9 Å². The lowest BCUT2D eigenvalue weighted by atomic mass is 9.33. The third kappa shape index (κ3) is 11.9. The van der Waals surface area contributed by atoms with E-state index in [-0.39, 0.29) is 54.1 Å². The third-order valence-corrected chi connectivity index (χ3v) is 23.0. The Hall–Kier alpha value is -3.59. The first-order valence-electron chi connectivity index (χ1n) is 31.4. The molecule has 0 bridgehead atoms. The fourth-order valence-electron chi connectivity index (χ4n) is 17.6. The average Bonchev–Trinajstić information content (AvgIpc) is 0.680. The molecule has 1 aromatic rings. The van der Waals surface area contributed by atoms with Gasteiger partial charge in [0.15, 0.2) is 24.8 Å². The maximum atomic E-state index is 15.7. The van der Waals surface area contributed by atoms with Crippen molar-refractivity contribution in [2.24, 2.45) is 50.2 Å². The number of hydrogen-bond acceptors (Lipinski definition) is 26. The van der Waals surface area contributed by atoms with Crippen LogP contribution < -0.4 is 4.74 Å². The van der Waals surface area contributed by atoms with Gasteiger partial charge in [-0.1, -0.05) is 72.2 Å². The predicted octanol–water partition coefficient (Wildman–Crippen LogP) is -0.706. The fourth-order valence-corrected chi connectivity index (χ4v) is 17.6. The highest BCUT2D eigenvalue weighted by atomic mass is 16.8. The molecule has 28 atom stereocenters. The minimum absolute atomic E-state index is 0.0457. The standard InChI is InChI=1S/C63H94O26/c1-58(2)21-22-63(31(23-58)30-14-15-36-60(5)19-18-38(85-55-48(77)44(73)45(74)50(88-55)52(78)80-8)59(3,4)35(60)17-20-61(36,6)62(30,7)24-37(63)67)57(79)89-56-51(49(32(66)27-81-56)87-54-47(76)43(72)41(70)34(26-65)84-54)86-39(68)16-11-28-9-12-29(13-10-28)82-53-46(75)42(71)40(69)33(25-64)83-53/h9-10,12-14,31-38,40-51,53-56,64-67,69-77H,11,15-27H2,1-8H3/t31-,32-,33-,34-,35-,36+,37+,38-,40+,41-,42-,43-,44-,45+,46+,47+,48+,49-,50-,51+,53-,54+,55+,56-,60-,61-,62-,63-/m0/s1. The molecular weight excluding hydrogens is 1170 g/mol. The van der Waals surface area contributed by atoms with Crippen molar-refractivity contribution < 1.29 is 128 Å². The molecule has 8 fully saturated rings. The lowest BCUT2D eigenvalue weighted by molar-refractivity contribution is -0.347. The van der Waals surface area contributed by atoms with E-state index in [4.69, 9.17) is 47.4 Å². The quantitative estimate of drug-likeness (QED) is 0.0447. The number of carbonyl (C=O) groups excluding carboxylic acids is 3. The van der Waals surface area contributed by atoms with Gasteiger partial charge in [-0.25, -0.2) is 4.79 Å². The van der Waals surface area contributed by atoms with Crippen molar-refractivity contribution in [3.63, 3.8) is 0 Å². The molecule has 89 heavy (non-hydrogen) atoms. The normalized spacial score (nSPS) is 47.6. The van der Waals surface area contributed by atoms with E-state index in [0.29, 0.717) is 37.7 Å². The van der Waals surface area contributed by atoms with Gasteiger partial charge in [-0.3, -0.25) is 9.59 Å². The van der Waals surface area contributed by atoms with Crippen LogP contribution in [0.5, 0.6) is 5.75 Å². The summed E-state index contributed by atoms with van der Waals surface area (Å²) in [6, 6.07) is 6.20. The first kappa shape index (κ1) is 68.3. The van der Waals surface area contributed by atoms with Crippen LogP contribution in [0.25, 0.3) is 0 Å². The Balaban J connectivity index is 0.894. The summed E-state index contributed by atoms with van der Waals surface area (Å²) < 4.78 is 58.7. The van der Waals surface area contributed by atoms with Gasteiger partial charge < -0.3 is 114 Å². The Kier molecular flexibility index (Phi) is 19.7. The van der Waals surface area contributed by atoms with Gasteiger partial charge >= 0.3 is 17.9 Å². The van der Waals surface area contributed by atoms with E-state index >= 15 is 4.79 Å². The first-order valence-corrected chi connectivity index (χ1v) is 31.4. The maximum absolute atomic E-state index is 15.7. The smallest absolute Gasteiger partial charge is 0.337 e. The number of rotatable bonds is 15. The summed E-state index contributed by atoms with van der Waals surface area (Å²) in [6.45, 7) is 13.3. The van der Waals surface area contributed by atoms with Crippen LogP contribution in [0.2, 0.25) is 0 Å². The fraction of sp³-hybridized carbons (Fsp3) is 0.825. The molecule has 1 aromatic carbocycles. The predicted molar refractivity (Wildman–Crippen MR) is 304 cm³/mol. The molecule has 502 valence electrons. The zero-order valence-corrected chi connectivity index (χ0v) is 51.8. The minimum atomic E-state index is -1.95. The molecule has 0 unspecified atom stereocenters. The molecule has 4 saturated heterocycles. The highest BCUT2D eigenvalue weighted by Crippen LogP contribution is 2.76. The van der Waals surface area contributed by atoms with Gasteiger partial charge in [0.25, 0.3) is 0 Å². The number of allylic oxidation sites excluding steroid dienone is 2. The monoisotopic (exact) mass is 1270 g/mol. The number of carbonyl (C=O) groups is 3. The molecule has 13 N–H and O–H groups in total. The second-order valence-corrected chi connectivity index (χ2v) is 28.8. The van der Waals surface area contributed by atoms with Gasteiger partial charge in [-0.05, 0) is 127 Å². The highest BCUT2D eigenvalue weighted by Gasteiger charge is 2.72. The van der Waals surface area contributed by atoms with Crippen LogP contribution in [0.4, 0.5) is 0 Å². The third-order valence-electron chi connectivity index (χ3n) is 23.0. The van der Waals surface area contributed by atoms with Crippen molar-refractivity contribution in [3.05, 3.63) is 41.5 Å². The Morgan fingerprint density at radius 1 is 0.618 bits per heavy atom. The number of hydrogen-bond donors (Lipinski definition) is 13. The van der Waals surface area contributed by atoms with Crippen molar-refractivity contribution >= 4 is 17.9 Å². The molecule has 5 aliphatic carbocycles. The van der Waals surface area contributed by atoms with Crippen LogP contribution >= 0.6 is 0 Å². The number of aliphatic hydroxyl groups is 13. The number of esters is 3. The molecule has 10 rings (SSSR count). The Morgan fingerprint density at radius 2 is 1.22 bits per heavy atom. The molecule has 26 heteroatoms. The number of methoxy groups -OCH3 is 1. The summed E-state index contributed by atoms with van der Waals surface area (Å²) in [4.78, 5) is 42.4. The molecule has 4 heterocycles. The van der Waals surface area contributed by atoms with Gasteiger partial charge in [0, 0.05) is 6.42 Å². The van der Waals surface area contributed by atoms with E-state index in [9.17, 15) is 76.0 Å². The van der Waals surface area contributed by atoms with Crippen LogP contribution in [0, 0.1) is 50.2 Å². The molecule has 0 amide bonds. The van der Waals surface area contributed by atoms with Crippen molar-refractivity contribution in [1.82, 2.24) is 0 Å². The molecule has 4 saturated carbocycles. The molecule has 26 nitrogen and oxygen atoms in total. The molecule has 9 aliphatic rings. The van der Waals surface area contributed by atoms with Gasteiger partial charge in [0.1, 0.15) is 90.5 Å². The van der Waals surface area contributed by atoms with E-state index in [1.54, 1.807) is 12.1 Å². The summed E-state index contributed by atoms with van der Waals surface area (Å²) in [5.41, 5.74) is -2.10. The number of benzene rings is 1. The molecule has 0 aromatic heterocycles. The molecular formula is C63H94O26. The summed E-state index contributed by atoms with van der Waals surface area (Å²) in [5.74, 6) is -2.86. The average molecular weight is 1270 g/mol. The second kappa shape index (κ2) is 25.6. The van der Waals surface area contributed by atoms with Crippen LogP contribution in [-0.4, -0.2) is 240 Å². The number of aliphatic hydroxyl groups excluding tert-OH is 13. The molecule has 0 spiro atoms. The van der Waals surface area contributed by atoms with E-state index < -0.39 is 194 Å². The topological polar surface area (TPSA) is 407 Å². The van der Waals surface area contributed by atoms with Crippen molar-refractivity contribution in [2.45, 2.75) is 248 Å². The number of aryl methyl sites for hydroxylation is 1. The largest absolute Gasteiger partial charge is 0.467 e.